The second kappa shape index (κ2) is 14.4. The number of benzene rings is 2. The predicted octanol–water partition coefficient (Wildman–Crippen LogP) is 10.8. The Labute approximate surface area is 254 Å². The lowest BCUT2D eigenvalue weighted by Gasteiger charge is -2.38. The number of hydrogen-bond acceptors (Lipinski definition) is 2. The first kappa shape index (κ1) is 30.4. The smallest absolute Gasteiger partial charge is 0.143 e. The van der Waals surface area contributed by atoms with Crippen molar-refractivity contribution >= 4 is 0 Å². The fraction of sp³-hybridized carbons (Fsp3) is 0.450. The lowest BCUT2D eigenvalue weighted by Crippen LogP contribution is -2.34. The van der Waals surface area contributed by atoms with E-state index in [4.69, 9.17) is 9.47 Å². The highest BCUT2D eigenvalue weighted by Gasteiger charge is 2.40. The summed E-state index contributed by atoms with van der Waals surface area (Å²) in [7, 11) is 1.84. The molecule has 1 unspecified atom stereocenters. The summed E-state index contributed by atoms with van der Waals surface area (Å²) >= 11 is 0. The zero-order chi connectivity index (χ0) is 29.4. The molecule has 2 aromatic carbocycles. The molecule has 222 valence electrons. The first-order chi connectivity index (χ1) is 20.5. The van der Waals surface area contributed by atoms with Crippen LogP contribution in [-0.4, -0.2) is 13.7 Å². The van der Waals surface area contributed by atoms with Crippen LogP contribution in [0.25, 0.3) is 0 Å². The highest BCUT2D eigenvalue weighted by molar-refractivity contribution is 5.54. The van der Waals surface area contributed by atoms with E-state index in [9.17, 15) is 0 Å². The van der Waals surface area contributed by atoms with Crippen molar-refractivity contribution in [2.75, 3.05) is 13.7 Å². The van der Waals surface area contributed by atoms with Gasteiger partial charge in [-0.3, -0.25) is 0 Å². The number of methoxy groups -OCH3 is 1. The summed E-state index contributed by atoms with van der Waals surface area (Å²) in [4.78, 5) is 0. The van der Waals surface area contributed by atoms with Crippen LogP contribution in [0.3, 0.4) is 0 Å². The molecule has 2 heteroatoms. The largest absolute Gasteiger partial charge is 0.494 e. The van der Waals surface area contributed by atoms with Gasteiger partial charge in [-0.1, -0.05) is 124 Å². The van der Waals surface area contributed by atoms with Crippen LogP contribution in [0.5, 0.6) is 0 Å². The van der Waals surface area contributed by atoms with E-state index in [0.717, 1.165) is 41.6 Å². The van der Waals surface area contributed by atoms with E-state index in [0.29, 0.717) is 6.61 Å². The highest BCUT2D eigenvalue weighted by atomic mass is 16.5. The molecule has 1 fully saturated rings. The molecule has 1 atom stereocenters. The maximum Gasteiger partial charge on any atom is 0.143 e. The molecule has 0 aromatic heterocycles. The highest BCUT2D eigenvalue weighted by Crippen LogP contribution is 2.45. The quantitative estimate of drug-likeness (QED) is 0.226. The zero-order valence-electron chi connectivity index (χ0n) is 26.2. The van der Waals surface area contributed by atoms with Gasteiger partial charge in [-0.2, -0.15) is 0 Å². The van der Waals surface area contributed by atoms with Crippen molar-refractivity contribution in [3.05, 3.63) is 130 Å². The number of hydrogen-bond donors (Lipinski definition) is 0. The van der Waals surface area contributed by atoms with E-state index >= 15 is 0 Å². The Hall–Kier alpha value is -3.10. The number of rotatable bonds is 13. The van der Waals surface area contributed by atoms with Crippen molar-refractivity contribution in [3.8, 4) is 0 Å². The van der Waals surface area contributed by atoms with Crippen molar-refractivity contribution in [1.29, 1.82) is 0 Å². The van der Waals surface area contributed by atoms with Crippen LogP contribution in [0.15, 0.2) is 119 Å². The molecule has 2 aromatic rings. The van der Waals surface area contributed by atoms with Gasteiger partial charge in [-0.25, -0.2) is 0 Å². The van der Waals surface area contributed by atoms with Crippen LogP contribution in [0.4, 0.5) is 0 Å². The van der Waals surface area contributed by atoms with Gasteiger partial charge in [0.25, 0.3) is 0 Å². The van der Waals surface area contributed by atoms with Gasteiger partial charge in [-0.15, -0.1) is 0 Å². The van der Waals surface area contributed by atoms with Crippen molar-refractivity contribution in [1.82, 2.24) is 0 Å². The fourth-order valence-electron chi connectivity index (χ4n) is 7.64. The summed E-state index contributed by atoms with van der Waals surface area (Å²) in [6, 6.07) is 21.3. The topological polar surface area (TPSA) is 18.5 Å². The van der Waals surface area contributed by atoms with Crippen LogP contribution < -0.4 is 0 Å². The van der Waals surface area contributed by atoms with E-state index < -0.39 is 5.60 Å². The molecule has 0 N–H and O–H groups in total. The van der Waals surface area contributed by atoms with E-state index in [1.54, 1.807) is 0 Å². The number of ether oxygens (including phenoxy) is 2. The first-order valence-corrected chi connectivity index (χ1v) is 16.3. The Morgan fingerprint density at radius 3 is 2.12 bits per heavy atom. The van der Waals surface area contributed by atoms with Gasteiger partial charge in [0.2, 0.25) is 0 Å². The third-order valence-corrected chi connectivity index (χ3v) is 10.1. The SMILES string of the molecule is C=C1C(C)=CC=C1CCC(CCCCC1=C(C)C(C(OC)(c2ccccc2)c2ccccc2)=CCO1)C1CCCCC1. The lowest BCUT2D eigenvalue weighted by atomic mass is 9.75. The standard InChI is InChI=1S/C40H50O2/c1-30-24-25-33(31(30)2)26-27-35(34-16-8-5-9-17-34)18-14-15-23-39-32(3)38(28-29-42-39)40(41-4,36-19-10-6-11-20-36)37-21-12-7-13-22-37/h6-7,10-13,19-22,24-25,28,34-35H,2,5,8-9,14-18,23,26-27,29H2,1,3-4H3. The summed E-state index contributed by atoms with van der Waals surface area (Å²) in [5.74, 6) is 2.84. The third-order valence-electron chi connectivity index (χ3n) is 10.1. The van der Waals surface area contributed by atoms with Crippen LogP contribution >= 0.6 is 0 Å². The minimum absolute atomic E-state index is 0.587. The summed E-state index contributed by atoms with van der Waals surface area (Å²) < 4.78 is 12.8. The van der Waals surface area contributed by atoms with Crippen molar-refractivity contribution < 1.29 is 9.47 Å². The molecular formula is C40H50O2. The summed E-state index contributed by atoms with van der Waals surface area (Å²) in [6.45, 7) is 9.34. The molecule has 1 heterocycles. The van der Waals surface area contributed by atoms with E-state index in [1.807, 2.05) is 7.11 Å². The monoisotopic (exact) mass is 562 g/mol. The zero-order valence-corrected chi connectivity index (χ0v) is 26.2. The average molecular weight is 563 g/mol. The Bertz CT molecular complexity index is 1280. The molecule has 2 nitrogen and oxygen atoms in total. The van der Waals surface area contributed by atoms with E-state index in [1.165, 1.54) is 85.7 Å². The van der Waals surface area contributed by atoms with Gasteiger partial charge in [0, 0.05) is 13.5 Å². The number of allylic oxidation sites excluding steroid dienone is 6. The summed E-state index contributed by atoms with van der Waals surface area (Å²) in [5, 5.41) is 0. The van der Waals surface area contributed by atoms with Gasteiger partial charge >= 0.3 is 0 Å². The van der Waals surface area contributed by atoms with Gasteiger partial charge in [0.15, 0.2) is 0 Å². The molecular weight excluding hydrogens is 512 g/mol. The Morgan fingerprint density at radius 2 is 1.52 bits per heavy atom. The maximum atomic E-state index is 6.50. The van der Waals surface area contributed by atoms with Crippen molar-refractivity contribution in [3.63, 3.8) is 0 Å². The molecule has 0 amide bonds. The van der Waals surface area contributed by atoms with Crippen molar-refractivity contribution in [2.24, 2.45) is 11.8 Å². The molecule has 0 saturated heterocycles. The molecule has 0 spiro atoms. The fourth-order valence-corrected chi connectivity index (χ4v) is 7.64. The maximum absolute atomic E-state index is 6.50. The van der Waals surface area contributed by atoms with Crippen LogP contribution in [0.2, 0.25) is 0 Å². The molecule has 0 radical (unpaired) electrons. The molecule has 42 heavy (non-hydrogen) atoms. The van der Waals surface area contributed by atoms with E-state index in [2.05, 4.69) is 99.3 Å². The Morgan fingerprint density at radius 1 is 0.857 bits per heavy atom. The van der Waals surface area contributed by atoms with Crippen LogP contribution in [-0.2, 0) is 15.1 Å². The second-order valence-corrected chi connectivity index (χ2v) is 12.6. The molecule has 5 rings (SSSR count). The Kier molecular flexibility index (Phi) is 10.4. The van der Waals surface area contributed by atoms with E-state index in [-0.39, 0.29) is 0 Å². The molecule has 1 aliphatic heterocycles. The average Bonchev–Trinajstić information content (AvgIpc) is 3.36. The van der Waals surface area contributed by atoms with Gasteiger partial charge in [0.1, 0.15) is 12.2 Å². The Balaban J connectivity index is 1.27. The molecule has 0 bridgehead atoms. The molecule has 1 saturated carbocycles. The van der Waals surface area contributed by atoms with Gasteiger partial charge in [-0.05, 0) is 90.0 Å². The van der Waals surface area contributed by atoms with Crippen LogP contribution in [0.1, 0.15) is 95.6 Å². The van der Waals surface area contributed by atoms with Gasteiger partial charge < -0.3 is 9.47 Å². The van der Waals surface area contributed by atoms with Crippen molar-refractivity contribution in [2.45, 2.75) is 90.1 Å². The summed E-state index contributed by atoms with van der Waals surface area (Å²) in [6.07, 6.45) is 21.0. The van der Waals surface area contributed by atoms with Crippen LogP contribution in [0, 0.1) is 11.8 Å². The molecule has 2 aliphatic carbocycles. The minimum Gasteiger partial charge on any atom is -0.494 e. The number of unbranched alkanes of at least 4 members (excludes halogenated alkanes) is 1. The predicted molar refractivity (Wildman–Crippen MR) is 176 cm³/mol. The lowest BCUT2D eigenvalue weighted by molar-refractivity contribution is 0.0533. The normalized spacial score (nSPS) is 18.8. The second-order valence-electron chi connectivity index (χ2n) is 12.6. The molecule has 3 aliphatic rings. The van der Waals surface area contributed by atoms with Gasteiger partial charge in [0.05, 0.1) is 5.76 Å². The minimum atomic E-state index is -0.667. The third kappa shape index (κ3) is 6.60. The first-order valence-electron chi connectivity index (χ1n) is 16.3. The summed E-state index contributed by atoms with van der Waals surface area (Å²) in [5.41, 5.74) is 8.10.